The molecule has 1 saturated heterocycles. The topological polar surface area (TPSA) is 32.3 Å². The van der Waals surface area contributed by atoms with Crippen molar-refractivity contribution in [2.45, 2.75) is 13.0 Å². The molecule has 1 fully saturated rings. The lowest BCUT2D eigenvalue weighted by atomic mass is 10.1. The van der Waals surface area contributed by atoms with E-state index in [1.54, 1.807) is 12.1 Å². The number of hydrogen-bond acceptors (Lipinski definition) is 2. The molecule has 1 N–H and O–H groups in total. The molecule has 1 aliphatic heterocycles. The molecule has 1 aliphatic rings. The van der Waals surface area contributed by atoms with Crippen molar-refractivity contribution in [2.75, 3.05) is 19.6 Å². The Morgan fingerprint density at radius 1 is 1.59 bits per heavy atom. The molecule has 0 aliphatic carbocycles. The van der Waals surface area contributed by atoms with Crippen molar-refractivity contribution in [3.63, 3.8) is 0 Å². The van der Waals surface area contributed by atoms with Gasteiger partial charge in [0.2, 0.25) is 0 Å². The van der Waals surface area contributed by atoms with E-state index in [1.165, 1.54) is 0 Å². The number of benzene rings is 1. The largest absolute Gasteiger partial charge is 0.333 e. The number of nitrogens with one attached hydrogen (secondary N) is 1. The summed E-state index contributed by atoms with van der Waals surface area (Å²) in [5.41, 5.74) is 0.701. The maximum absolute atomic E-state index is 12.4. The first-order chi connectivity index (χ1) is 8.09. The average molecular weight is 365 g/mol. The van der Waals surface area contributed by atoms with Gasteiger partial charge in [-0.2, -0.15) is 0 Å². The van der Waals surface area contributed by atoms with E-state index in [9.17, 15) is 4.79 Å². The van der Waals surface area contributed by atoms with Gasteiger partial charge < -0.3 is 10.2 Å². The van der Waals surface area contributed by atoms with Gasteiger partial charge >= 0.3 is 0 Å². The van der Waals surface area contributed by atoms with Crippen LogP contribution in [0.25, 0.3) is 0 Å². The Hall–Kier alpha value is -0.330. The number of amides is 1. The van der Waals surface area contributed by atoms with Crippen LogP contribution >= 0.6 is 34.2 Å². The first-order valence-corrected chi connectivity index (χ1v) is 7.02. The van der Waals surface area contributed by atoms with Crippen LogP contribution in [0.1, 0.15) is 17.3 Å². The molecule has 1 atom stereocenters. The van der Waals surface area contributed by atoms with Crippen molar-refractivity contribution in [1.82, 2.24) is 10.2 Å². The normalized spacial score (nSPS) is 20.4. The Balaban J connectivity index is 2.26. The Kier molecular flexibility index (Phi) is 4.27. The van der Waals surface area contributed by atoms with E-state index >= 15 is 0 Å². The van der Waals surface area contributed by atoms with Gasteiger partial charge in [0.15, 0.2) is 0 Å². The minimum Gasteiger partial charge on any atom is -0.333 e. The molecule has 1 amide bonds. The molecule has 0 aromatic heterocycles. The summed E-state index contributed by atoms with van der Waals surface area (Å²) in [6.07, 6.45) is 0. The third kappa shape index (κ3) is 2.92. The van der Waals surface area contributed by atoms with Gasteiger partial charge in [0.05, 0.1) is 5.56 Å². The van der Waals surface area contributed by atoms with Crippen molar-refractivity contribution in [3.8, 4) is 0 Å². The second-order valence-electron chi connectivity index (χ2n) is 4.18. The summed E-state index contributed by atoms with van der Waals surface area (Å²) in [5, 5.41) is 3.88. The van der Waals surface area contributed by atoms with Gasteiger partial charge in [0.1, 0.15) is 0 Å². The van der Waals surface area contributed by atoms with Gasteiger partial charge in [0, 0.05) is 34.3 Å². The molecule has 0 saturated carbocycles. The minimum absolute atomic E-state index is 0.0749. The van der Waals surface area contributed by atoms with Gasteiger partial charge in [-0.1, -0.05) is 11.6 Å². The highest BCUT2D eigenvalue weighted by Gasteiger charge is 2.25. The molecular weight excluding hydrogens is 351 g/mol. The van der Waals surface area contributed by atoms with Crippen molar-refractivity contribution in [2.24, 2.45) is 0 Å². The standard InChI is InChI=1S/C12H14ClIN2O/c1-8-7-15-4-5-16(8)12(17)10-6-9(13)2-3-11(10)14/h2-3,6,8,15H,4-5,7H2,1H3/t8-/m0/s1. The molecule has 1 aromatic rings. The van der Waals surface area contributed by atoms with Crippen LogP contribution < -0.4 is 5.32 Å². The molecule has 1 heterocycles. The molecule has 2 rings (SSSR count). The summed E-state index contributed by atoms with van der Waals surface area (Å²) in [5.74, 6) is 0.0749. The van der Waals surface area contributed by atoms with Gasteiger partial charge in [0.25, 0.3) is 5.91 Å². The highest BCUT2D eigenvalue weighted by Crippen LogP contribution is 2.20. The second-order valence-corrected chi connectivity index (χ2v) is 5.77. The van der Waals surface area contributed by atoms with Crippen LogP contribution in [0.15, 0.2) is 18.2 Å². The van der Waals surface area contributed by atoms with Crippen LogP contribution in [0.4, 0.5) is 0 Å². The van der Waals surface area contributed by atoms with E-state index in [2.05, 4.69) is 34.8 Å². The van der Waals surface area contributed by atoms with Gasteiger partial charge in [-0.05, 0) is 47.7 Å². The average Bonchev–Trinajstić information content (AvgIpc) is 2.32. The van der Waals surface area contributed by atoms with Crippen LogP contribution in [0.2, 0.25) is 5.02 Å². The Morgan fingerprint density at radius 2 is 2.35 bits per heavy atom. The van der Waals surface area contributed by atoms with E-state index in [0.717, 1.165) is 23.2 Å². The maximum atomic E-state index is 12.4. The van der Waals surface area contributed by atoms with Crippen LogP contribution in [0.3, 0.4) is 0 Å². The van der Waals surface area contributed by atoms with E-state index in [0.29, 0.717) is 10.6 Å². The zero-order chi connectivity index (χ0) is 12.4. The predicted molar refractivity (Wildman–Crippen MR) is 77.5 cm³/mol. The molecule has 92 valence electrons. The SMILES string of the molecule is C[C@H]1CNCCN1C(=O)c1cc(Cl)ccc1I. The third-order valence-corrected chi connectivity index (χ3v) is 4.10. The molecular formula is C12H14ClIN2O. The minimum atomic E-state index is 0.0749. The zero-order valence-electron chi connectivity index (χ0n) is 9.54. The lowest BCUT2D eigenvalue weighted by molar-refractivity contribution is 0.0654. The number of rotatable bonds is 1. The molecule has 0 unspecified atom stereocenters. The molecule has 17 heavy (non-hydrogen) atoms. The van der Waals surface area contributed by atoms with Crippen LogP contribution in [-0.4, -0.2) is 36.5 Å². The molecule has 0 spiro atoms. The van der Waals surface area contributed by atoms with Crippen molar-refractivity contribution >= 4 is 40.1 Å². The van der Waals surface area contributed by atoms with Crippen LogP contribution in [0, 0.1) is 3.57 Å². The van der Waals surface area contributed by atoms with Crippen molar-refractivity contribution in [1.29, 1.82) is 0 Å². The Labute approximate surface area is 120 Å². The van der Waals surface area contributed by atoms with Crippen LogP contribution in [0.5, 0.6) is 0 Å². The number of hydrogen-bond donors (Lipinski definition) is 1. The smallest absolute Gasteiger partial charge is 0.255 e. The monoisotopic (exact) mass is 364 g/mol. The van der Waals surface area contributed by atoms with E-state index < -0.39 is 0 Å². The highest BCUT2D eigenvalue weighted by atomic mass is 127. The number of nitrogens with zero attached hydrogens (tertiary/aromatic N) is 1. The summed E-state index contributed by atoms with van der Waals surface area (Å²) >= 11 is 8.12. The molecule has 5 heteroatoms. The number of carbonyl (C=O) groups excluding carboxylic acids is 1. The summed E-state index contributed by atoms with van der Waals surface area (Å²) in [4.78, 5) is 14.3. The second kappa shape index (κ2) is 5.54. The van der Waals surface area contributed by atoms with Gasteiger partial charge in [-0.25, -0.2) is 0 Å². The summed E-state index contributed by atoms with van der Waals surface area (Å²) in [7, 11) is 0. The Bertz CT molecular complexity index is 439. The zero-order valence-corrected chi connectivity index (χ0v) is 12.5. The van der Waals surface area contributed by atoms with Gasteiger partial charge in [-0.15, -0.1) is 0 Å². The van der Waals surface area contributed by atoms with Crippen LogP contribution in [-0.2, 0) is 0 Å². The van der Waals surface area contributed by atoms with Gasteiger partial charge in [-0.3, -0.25) is 4.79 Å². The van der Waals surface area contributed by atoms with Crippen molar-refractivity contribution < 1.29 is 4.79 Å². The van der Waals surface area contributed by atoms with E-state index in [1.807, 2.05) is 11.0 Å². The third-order valence-electron chi connectivity index (χ3n) is 2.92. The fourth-order valence-corrected chi connectivity index (χ4v) is 2.70. The quantitative estimate of drug-likeness (QED) is 0.776. The number of carbonyl (C=O) groups is 1. The molecule has 1 aromatic carbocycles. The first kappa shape index (κ1) is 13.1. The molecule has 0 radical (unpaired) electrons. The van der Waals surface area contributed by atoms with Crippen molar-refractivity contribution in [3.05, 3.63) is 32.4 Å². The first-order valence-electron chi connectivity index (χ1n) is 5.56. The summed E-state index contributed by atoms with van der Waals surface area (Å²) < 4.78 is 0.947. The highest BCUT2D eigenvalue weighted by molar-refractivity contribution is 14.1. The summed E-state index contributed by atoms with van der Waals surface area (Å²) in [6, 6.07) is 5.66. The van der Waals surface area contributed by atoms with E-state index in [4.69, 9.17) is 11.6 Å². The Morgan fingerprint density at radius 3 is 3.06 bits per heavy atom. The lowest BCUT2D eigenvalue weighted by Crippen LogP contribution is -2.52. The number of halogens is 2. The maximum Gasteiger partial charge on any atom is 0.255 e. The summed E-state index contributed by atoms with van der Waals surface area (Å²) in [6.45, 7) is 4.51. The lowest BCUT2D eigenvalue weighted by Gasteiger charge is -2.34. The number of piperazine rings is 1. The molecule has 0 bridgehead atoms. The van der Waals surface area contributed by atoms with E-state index in [-0.39, 0.29) is 11.9 Å². The molecule has 3 nitrogen and oxygen atoms in total. The fourth-order valence-electron chi connectivity index (χ4n) is 1.96. The predicted octanol–water partition coefficient (Wildman–Crippen LogP) is 2.38. The fraction of sp³-hybridized carbons (Fsp3) is 0.417.